The van der Waals surface area contributed by atoms with E-state index in [4.69, 9.17) is 5.26 Å². The van der Waals surface area contributed by atoms with Crippen LogP contribution >= 0.6 is 0 Å². The Morgan fingerprint density at radius 1 is 1.09 bits per heavy atom. The highest BCUT2D eigenvalue weighted by molar-refractivity contribution is 7.92. The van der Waals surface area contributed by atoms with E-state index in [-0.39, 0.29) is 12.1 Å². The van der Waals surface area contributed by atoms with Crippen LogP contribution in [0.5, 0.6) is 0 Å². The monoisotopic (exact) mass is 465 g/mol. The molecule has 1 aliphatic heterocycles. The summed E-state index contributed by atoms with van der Waals surface area (Å²) in [6.45, 7) is -0.829. The van der Waals surface area contributed by atoms with Gasteiger partial charge in [0.25, 0.3) is 5.91 Å². The van der Waals surface area contributed by atoms with Crippen molar-refractivity contribution in [3.8, 4) is 6.07 Å². The number of likely N-dealkylation sites (tertiary alicyclic amines) is 1. The van der Waals surface area contributed by atoms with Gasteiger partial charge < -0.3 is 10.2 Å². The first-order chi connectivity index (χ1) is 15.1. The number of hydrogen-bond acceptors (Lipinski definition) is 5. The van der Waals surface area contributed by atoms with Crippen molar-refractivity contribution < 1.29 is 31.2 Å². The van der Waals surface area contributed by atoms with Gasteiger partial charge in [-0.25, -0.2) is 8.42 Å². The maximum Gasteiger partial charge on any atom is 0.417 e. The number of benzene rings is 2. The van der Waals surface area contributed by atoms with Gasteiger partial charge in [0, 0.05) is 12.1 Å². The summed E-state index contributed by atoms with van der Waals surface area (Å²) in [7, 11) is -4.55. The van der Waals surface area contributed by atoms with Gasteiger partial charge in [0.1, 0.15) is 12.6 Å². The van der Waals surface area contributed by atoms with E-state index in [1.807, 2.05) is 0 Å². The Kier molecular flexibility index (Phi) is 6.55. The maximum atomic E-state index is 13.4. The highest BCUT2D eigenvalue weighted by atomic mass is 32.2. The van der Waals surface area contributed by atoms with E-state index in [0.29, 0.717) is 6.07 Å². The minimum absolute atomic E-state index is 0.194. The summed E-state index contributed by atoms with van der Waals surface area (Å²) >= 11 is 0. The van der Waals surface area contributed by atoms with Crippen LogP contribution in [0.4, 0.5) is 13.2 Å². The summed E-state index contributed by atoms with van der Waals surface area (Å²) in [5.41, 5.74) is -1.11. The number of nitriles is 1. The number of amides is 2. The lowest BCUT2D eigenvalue weighted by atomic mass is 10.1. The zero-order valence-electron chi connectivity index (χ0n) is 16.5. The van der Waals surface area contributed by atoms with E-state index in [1.54, 1.807) is 24.3 Å². The van der Waals surface area contributed by atoms with Gasteiger partial charge in [-0.1, -0.05) is 30.3 Å². The number of alkyl halides is 3. The summed E-state index contributed by atoms with van der Waals surface area (Å²) in [6, 6.07) is 12.1. The molecule has 168 valence electrons. The van der Waals surface area contributed by atoms with E-state index < -0.39 is 62.5 Å². The molecule has 1 fully saturated rings. The van der Waals surface area contributed by atoms with Crippen molar-refractivity contribution in [3.63, 3.8) is 0 Å². The van der Waals surface area contributed by atoms with Gasteiger partial charge >= 0.3 is 6.18 Å². The highest BCUT2D eigenvalue weighted by Gasteiger charge is 2.47. The second-order valence-corrected chi connectivity index (χ2v) is 9.31. The number of rotatable bonds is 5. The van der Waals surface area contributed by atoms with Crippen LogP contribution in [0.25, 0.3) is 0 Å². The summed E-state index contributed by atoms with van der Waals surface area (Å²) < 4.78 is 66.6. The lowest BCUT2D eigenvalue weighted by Crippen LogP contribution is -2.46. The van der Waals surface area contributed by atoms with Gasteiger partial charge in [0.2, 0.25) is 5.91 Å². The molecule has 7 nitrogen and oxygen atoms in total. The lowest BCUT2D eigenvalue weighted by Gasteiger charge is -2.23. The smallest absolute Gasteiger partial charge is 0.341 e. The summed E-state index contributed by atoms with van der Waals surface area (Å²) in [4.78, 5) is 25.7. The number of nitrogens with one attached hydrogen (secondary N) is 1. The molecule has 1 saturated heterocycles. The van der Waals surface area contributed by atoms with Crippen LogP contribution in [0.1, 0.15) is 22.3 Å². The molecule has 0 saturated carbocycles. The SMILES string of the molecule is N#CCNC(=O)C1CC(S(=O)(=O)c2ccccc2C(F)(F)F)CN1C(=O)c1ccccc1. The topological polar surface area (TPSA) is 107 Å². The molecule has 0 aromatic heterocycles. The molecule has 1 aliphatic rings. The maximum absolute atomic E-state index is 13.4. The number of carbonyl (C=O) groups is 2. The predicted molar refractivity (Wildman–Crippen MR) is 107 cm³/mol. The van der Waals surface area contributed by atoms with Crippen molar-refractivity contribution in [2.75, 3.05) is 13.1 Å². The average molecular weight is 465 g/mol. The lowest BCUT2D eigenvalue weighted by molar-refractivity contribution is -0.139. The Bertz CT molecular complexity index is 1160. The van der Waals surface area contributed by atoms with Gasteiger partial charge in [-0.05, 0) is 30.7 Å². The number of hydrogen-bond donors (Lipinski definition) is 1. The van der Waals surface area contributed by atoms with Crippen molar-refractivity contribution in [2.24, 2.45) is 0 Å². The molecule has 2 aromatic rings. The second kappa shape index (κ2) is 9.00. The predicted octanol–water partition coefficient (Wildman–Crippen LogP) is 2.40. The highest BCUT2D eigenvalue weighted by Crippen LogP contribution is 2.37. The van der Waals surface area contributed by atoms with Crippen LogP contribution in [0.3, 0.4) is 0 Å². The molecule has 1 N–H and O–H groups in total. The molecule has 1 heterocycles. The molecule has 2 atom stereocenters. The molecule has 2 unspecified atom stereocenters. The van der Waals surface area contributed by atoms with E-state index in [9.17, 15) is 31.2 Å². The third-order valence-corrected chi connectivity index (χ3v) is 7.31. The molecular weight excluding hydrogens is 447 g/mol. The van der Waals surface area contributed by atoms with E-state index in [0.717, 1.165) is 17.0 Å². The standard InChI is InChI=1S/C21H18F3N3O4S/c22-21(23,24)16-8-4-5-9-18(16)32(30,31)15-12-17(19(28)26-11-10-25)27(13-15)20(29)14-6-2-1-3-7-14/h1-9,15,17H,11-13H2,(H,26,28). The van der Waals surface area contributed by atoms with Crippen molar-refractivity contribution >= 4 is 21.7 Å². The van der Waals surface area contributed by atoms with Crippen LogP contribution in [-0.4, -0.2) is 49.5 Å². The fourth-order valence-corrected chi connectivity index (χ4v) is 5.52. The molecule has 0 bridgehead atoms. The van der Waals surface area contributed by atoms with E-state index >= 15 is 0 Å². The average Bonchev–Trinajstić information content (AvgIpc) is 3.23. The van der Waals surface area contributed by atoms with Gasteiger partial charge in [0.15, 0.2) is 9.84 Å². The van der Waals surface area contributed by atoms with Crippen molar-refractivity contribution in [1.29, 1.82) is 5.26 Å². The largest absolute Gasteiger partial charge is 0.417 e. The molecule has 0 radical (unpaired) electrons. The minimum atomic E-state index is -4.90. The molecule has 11 heteroatoms. The summed E-state index contributed by atoms with van der Waals surface area (Å²) in [5, 5.41) is 9.56. The van der Waals surface area contributed by atoms with Gasteiger partial charge in [-0.2, -0.15) is 18.4 Å². The van der Waals surface area contributed by atoms with Crippen LogP contribution in [0.2, 0.25) is 0 Å². The number of sulfone groups is 1. The number of nitrogens with zero attached hydrogens (tertiary/aromatic N) is 2. The molecule has 32 heavy (non-hydrogen) atoms. The Balaban J connectivity index is 1.99. The minimum Gasteiger partial charge on any atom is -0.341 e. The first kappa shape index (κ1) is 23.3. The summed E-state index contributed by atoms with van der Waals surface area (Å²) in [6.07, 6.45) is -5.30. The fourth-order valence-electron chi connectivity index (χ4n) is 3.61. The van der Waals surface area contributed by atoms with Gasteiger partial charge in [0.05, 0.1) is 21.8 Å². The molecule has 0 aliphatic carbocycles. The molecule has 0 spiro atoms. The number of carbonyl (C=O) groups excluding carboxylic acids is 2. The Morgan fingerprint density at radius 3 is 2.34 bits per heavy atom. The zero-order valence-corrected chi connectivity index (χ0v) is 17.4. The number of halogens is 3. The Morgan fingerprint density at radius 2 is 1.72 bits per heavy atom. The summed E-state index contributed by atoms with van der Waals surface area (Å²) in [5.74, 6) is -1.39. The third-order valence-electron chi connectivity index (χ3n) is 5.13. The third kappa shape index (κ3) is 4.60. The molecular formula is C21H18F3N3O4S. The van der Waals surface area contributed by atoms with E-state index in [1.165, 1.54) is 18.2 Å². The van der Waals surface area contributed by atoms with Gasteiger partial charge in [-0.3, -0.25) is 9.59 Å². The molecule has 3 rings (SSSR count). The second-order valence-electron chi connectivity index (χ2n) is 7.11. The van der Waals surface area contributed by atoms with E-state index in [2.05, 4.69) is 5.32 Å². The first-order valence-corrected chi connectivity index (χ1v) is 11.0. The fraction of sp³-hybridized carbons (Fsp3) is 0.286. The van der Waals surface area contributed by atoms with Crippen LogP contribution in [0, 0.1) is 11.3 Å². The van der Waals surface area contributed by atoms with Crippen molar-refractivity contribution in [3.05, 3.63) is 65.7 Å². The van der Waals surface area contributed by atoms with Crippen LogP contribution in [0.15, 0.2) is 59.5 Å². The van der Waals surface area contributed by atoms with Crippen LogP contribution in [-0.2, 0) is 20.8 Å². The normalized spacial score (nSPS) is 18.8. The quantitative estimate of drug-likeness (QED) is 0.683. The zero-order chi connectivity index (χ0) is 23.5. The Labute approximate surface area is 182 Å². The molecule has 2 amide bonds. The Hall–Kier alpha value is -3.39. The molecule has 2 aromatic carbocycles. The van der Waals surface area contributed by atoms with Crippen LogP contribution < -0.4 is 5.32 Å². The first-order valence-electron chi connectivity index (χ1n) is 9.48. The van der Waals surface area contributed by atoms with Crippen molar-refractivity contribution in [2.45, 2.75) is 28.8 Å². The van der Waals surface area contributed by atoms with Gasteiger partial charge in [-0.15, -0.1) is 0 Å². The van der Waals surface area contributed by atoms with Crippen molar-refractivity contribution in [1.82, 2.24) is 10.2 Å².